The summed E-state index contributed by atoms with van der Waals surface area (Å²) >= 11 is 11.1. The minimum Gasteiger partial charge on any atom is -0.304 e. The highest BCUT2D eigenvalue weighted by molar-refractivity contribution is 9.11. The summed E-state index contributed by atoms with van der Waals surface area (Å²) in [7, 11) is 0. The van der Waals surface area contributed by atoms with Gasteiger partial charge in [0, 0.05) is 20.9 Å². The normalized spacial score (nSPS) is 20.0. The van der Waals surface area contributed by atoms with Gasteiger partial charge in [-0.2, -0.15) is 0 Å². The molecule has 1 aliphatic carbocycles. The van der Waals surface area contributed by atoms with E-state index in [4.69, 9.17) is 4.98 Å². The van der Waals surface area contributed by atoms with E-state index in [2.05, 4.69) is 107 Å². The highest BCUT2D eigenvalue weighted by atomic mass is 79.9. The third-order valence-electron chi connectivity index (χ3n) is 4.06. The average Bonchev–Trinajstić information content (AvgIpc) is 2.95. The van der Waals surface area contributed by atoms with Crippen molar-refractivity contribution < 1.29 is 0 Å². The number of benzene rings is 2. The zero-order valence-electron chi connectivity index (χ0n) is 12.6. The first kappa shape index (κ1) is 16.3. The van der Waals surface area contributed by atoms with Gasteiger partial charge in [-0.1, -0.05) is 78.2 Å². The van der Waals surface area contributed by atoms with Gasteiger partial charge in [0.1, 0.15) is 10.3 Å². The van der Waals surface area contributed by atoms with Crippen LogP contribution in [-0.4, -0.2) is 9.55 Å². The molecule has 2 nitrogen and oxygen atoms in total. The molecule has 0 bridgehead atoms. The molecule has 0 saturated carbocycles. The molecule has 0 spiro atoms. The number of hydrogen-bond acceptors (Lipinski definition) is 1. The van der Waals surface area contributed by atoms with E-state index in [0.717, 1.165) is 37.8 Å². The van der Waals surface area contributed by atoms with Crippen molar-refractivity contribution in [3.63, 3.8) is 0 Å². The SMILES string of the molecule is Brc1cc(Br)cc(-c2nc3ccccc3n2C2(Br)C=CC=CC2)c1. The third-order valence-corrected chi connectivity index (χ3v) is 5.91. The number of halogens is 3. The maximum absolute atomic E-state index is 4.92. The Bertz CT molecular complexity index is 967. The largest absolute Gasteiger partial charge is 0.304 e. The summed E-state index contributed by atoms with van der Waals surface area (Å²) in [5.74, 6) is 0.940. The number of alkyl halides is 1. The molecule has 0 amide bonds. The standard InChI is InChI=1S/C19H13Br3N2/c20-14-10-13(11-15(21)12-14)18-23-16-6-2-3-7-17(16)24(18)19(22)8-4-1-5-9-19/h1-8,10-12H,9H2. The number of aromatic nitrogens is 2. The first-order valence-corrected chi connectivity index (χ1v) is 9.92. The number of fused-ring (bicyclic) bond motifs is 1. The van der Waals surface area contributed by atoms with Crippen molar-refractivity contribution in [2.75, 3.05) is 0 Å². The van der Waals surface area contributed by atoms with Crippen LogP contribution in [0.25, 0.3) is 22.4 Å². The van der Waals surface area contributed by atoms with Crippen LogP contribution in [-0.2, 0) is 4.45 Å². The van der Waals surface area contributed by atoms with E-state index < -0.39 is 0 Å². The lowest BCUT2D eigenvalue weighted by atomic mass is 10.1. The van der Waals surface area contributed by atoms with Crippen molar-refractivity contribution >= 4 is 58.8 Å². The van der Waals surface area contributed by atoms with E-state index in [9.17, 15) is 0 Å². The predicted octanol–water partition coefficient (Wildman–Crippen LogP) is 6.79. The van der Waals surface area contributed by atoms with E-state index >= 15 is 0 Å². The van der Waals surface area contributed by atoms with Crippen molar-refractivity contribution in [2.24, 2.45) is 0 Å². The van der Waals surface area contributed by atoms with Crippen molar-refractivity contribution in [3.8, 4) is 11.4 Å². The quantitative estimate of drug-likeness (QED) is 0.348. The Hall–Kier alpha value is -1.17. The summed E-state index contributed by atoms with van der Waals surface area (Å²) in [4.78, 5) is 4.92. The molecule has 120 valence electrons. The van der Waals surface area contributed by atoms with Crippen LogP contribution < -0.4 is 0 Å². The molecular weight excluding hydrogens is 496 g/mol. The van der Waals surface area contributed by atoms with Gasteiger partial charge in [-0.25, -0.2) is 4.98 Å². The van der Waals surface area contributed by atoms with Crippen molar-refractivity contribution in [3.05, 3.63) is 75.7 Å². The Morgan fingerprint density at radius 1 is 1.00 bits per heavy atom. The van der Waals surface area contributed by atoms with Crippen molar-refractivity contribution in [1.29, 1.82) is 0 Å². The van der Waals surface area contributed by atoms with Crippen molar-refractivity contribution in [1.82, 2.24) is 9.55 Å². The zero-order valence-corrected chi connectivity index (χ0v) is 17.3. The van der Waals surface area contributed by atoms with Crippen LogP contribution in [0.4, 0.5) is 0 Å². The minimum absolute atomic E-state index is 0.317. The Kier molecular flexibility index (Phi) is 4.27. The summed E-state index contributed by atoms with van der Waals surface area (Å²) < 4.78 is 4.00. The molecule has 0 radical (unpaired) electrons. The number of hydrogen-bond donors (Lipinski definition) is 0. The fourth-order valence-corrected chi connectivity index (χ4v) is 5.02. The molecule has 4 rings (SSSR count). The smallest absolute Gasteiger partial charge is 0.142 e. The Morgan fingerprint density at radius 2 is 1.75 bits per heavy atom. The van der Waals surface area contributed by atoms with Gasteiger partial charge in [-0.3, -0.25) is 0 Å². The van der Waals surface area contributed by atoms with Gasteiger partial charge < -0.3 is 4.57 Å². The molecule has 3 aromatic rings. The van der Waals surface area contributed by atoms with Gasteiger partial charge in [0.2, 0.25) is 0 Å². The second-order valence-corrected chi connectivity index (χ2v) is 8.93. The first-order valence-electron chi connectivity index (χ1n) is 7.54. The maximum atomic E-state index is 4.92. The zero-order chi connectivity index (χ0) is 16.7. The molecule has 5 heteroatoms. The van der Waals surface area contributed by atoms with Gasteiger partial charge >= 0.3 is 0 Å². The first-order chi connectivity index (χ1) is 11.6. The molecule has 1 heterocycles. The molecule has 24 heavy (non-hydrogen) atoms. The Morgan fingerprint density at radius 3 is 2.46 bits per heavy atom. The van der Waals surface area contributed by atoms with Crippen LogP contribution >= 0.6 is 47.8 Å². The predicted molar refractivity (Wildman–Crippen MR) is 110 cm³/mol. The molecule has 1 atom stereocenters. The Balaban J connectivity index is 2.03. The number of imidazole rings is 1. The molecule has 0 fully saturated rings. The summed E-state index contributed by atoms with van der Waals surface area (Å²) in [5, 5.41) is 0. The second kappa shape index (κ2) is 6.28. The lowest BCUT2D eigenvalue weighted by Crippen LogP contribution is -2.25. The summed E-state index contributed by atoms with van der Waals surface area (Å²) in [5.41, 5.74) is 3.17. The van der Waals surface area contributed by atoms with Gasteiger partial charge in [-0.15, -0.1) is 0 Å². The second-order valence-electron chi connectivity index (χ2n) is 5.73. The van der Waals surface area contributed by atoms with Gasteiger partial charge in [0.25, 0.3) is 0 Å². The van der Waals surface area contributed by atoms with Crippen LogP contribution in [0.5, 0.6) is 0 Å². The molecule has 0 N–H and O–H groups in total. The average molecular weight is 509 g/mol. The summed E-state index contributed by atoms with van der Waals surface area (Å²) in [6.45, 7) is 0. The molecule has 0 aliphatic heterocycles. The number of rotatable bonds is 2. The van der Waals surface area contributed by atoms with Crippen LogP contribution in [0.1, 0.15) is 6.42 Å². The lowest BCUT2D eigenvalue weighted by molar-refractivity contribution is 0.582. The molecule has 1 unspecified atom stereocenters. The van der Waals surface area contributed by atoms with E-state index in [1.807, 2.05) is 12.1 Å². The number of nitrogens with zero attached hydrogens (tertiary/aromatic N) is 2. The molecule has 0 saturated heterocycles. The van der Waals surface area contributed by atoms with Crippen LogP contribution in [0, 0.1) is 0 Å². The van der Waals surface area contributed by atoms with E-state index in [1.165, 1.54) is 0 Å². The highest BCUT2D eigenvalue weighted by Crippen LogP contribution is 2.41. The third kappa shape index (κ3) is 2.83. The van der Waals surface area contributed by atoms with Crippen LogP contribution in [0.15, 0.2) is 75.7 Å². The van der Waals surface area contributed by atoms with Gasteiger partial charge in [-0.05, 0) is 36.4 Å². The number of para-hydroxylation sites is 2. The topological polar surface area (TPSA) is 17.8 Å². The monoisotopic (exact) mass is 506 g/mol. The fraction of sp³-hybridized carbons (Fsp3) is 0.105. The summed E-state index contributed by atoms with van der Waals surface area (Å²) in [6.07, 6.45) is 9.37. The van der Waals surface area contributed by atoms with Crippen LogP contribution in [0.2, 0.25) is 0 Å². The molecule has 1 aliphatic rings. The highest BCUT2D eigenvalue weighted by Gasteiger charge is 2.30. The van der Waals surface area contributed by atoms with Crippen LogP contribution in [0.3, 0.4) is 0 Å². The Labute approximate surface area is 165 Å². The van der Waals surface area contributed by atoms with E-state index in [-0.39, 0.29) is 4.45 Å². The lowest BCUT2D eigenvalue weighted by Gasteiger charge is -2.29. The van der Waals surface area contributed by atoms with Gasteiger partial charge in [0.05, 0.1) is 11.0 Å². The summed E-state index contributed by atoms with van der Waals surface area (Å²) in [6, 6.07) is 14.5. The fourth-order valence-electron chi connectivity index (χ4n) is 3.03. The minimum atomic E-state index is -0.317. The molecular formula is C19H13Br3N2. The number of allylic oxidation sites excluding steroid dienone is 4. The van der Waals surface area contributed by atoms with Gasteiger partial charge in [0.15, 0.2) is 0 Å². The molecule has 2 aromatic carbocycles. The van der Waals surface area contributed by atoms with E-state index in [0.29, 0.717) is 0 Å². The van der Waals surface area contributed by atoms with Crippen molar-refractivity contribution in [2.45, 2.75) is 10.9 Å². The maximum Gasteiger partial charge on any atom is 0.142 e. The molecule has 1 aromatic heterocycles. The van der Waals surface area contributed by atoms with E-state index in [1.54, 1.807) is 0 Å².